The number of benzene rings is 1. The number of hydrogen-bond donors (Lipinski definition) is 2. The lowest BCUT2D eigenvalue weighted by Crippen LogP contribution is -2.66. The Kier molecular flexibility index (Phi) is 5.08. The fourth-order valence-corrected chi connectivity index (χ4v) is 4.34. The van der Waals surface area contributed by atoms with Crippen LogP contribution in [0, 0.1) is 5.41 Å². The van der Waals surface area contributed by atoms with E-state index in [-0.39, 0.29) is 36.7 Å². The van der Waals surface area contributed by atoms with Gasteiger partial charge in [0.25, 0.3) is 5.91 Å². The van der Waals surface area contributed by atoms with Crippen LogP contribution in [-0.4, -0.2) is 51.5 Å². The van der Waals surface area contributed by atoms with Crippen LogP contribution < -0.4 is 10.6 Å². The second-order valence-electron chi connectivity index (χ2n) is 7.86. The molecule has 2 aliphatic heterocycles. The standard InChI is InChI=1S/C21H25N5O3/c1-25-13-16(12-23-25)19(28)26-10-8-17-21(14-26,9-7-18(27)24-17)20(29)22-11-15-5-3-2-4-6-15/h2-6,12-13,17H,7-11,14H2,1H3,(H,22,29)(H,24,27)/t17-,21+/m1/s1. The number of hydrogen-bond acceptors (Lipinski definition) is 4. The fourth-order valence-electron chi connectivity index (χ4n) is 4.34. The summed E-state index contributed by atoms with van der Waals surface area (Å²) in [7, 11) is 1.76. The molecule has 152 valence electrons. The highest BCUT2D eigenvalue weighted by Gasteiger charge is 2.52. The van der Waals surface area contributed by atoms with Crippen molar-refractivity contribution >= 4 is 17.7 Å². The quantitative estimate of drug-likeness (QED) is 0.802. The number of aryl methyl sites for hydroxylation is 1. The van der Waals surface area contributed by atoms with Gasteiger partial charge in [-0.3, -0.25) is 19.1 Å². The molecule has 4 rings (SSSR count). The van der Waals surface area contributed by atoms with Crippen molar-refractivity contribution in [3.63, 3.8) is 0 Å². The highest BCUT2D eigenvalue weighted by atomic mass is 16.2. The summed E-state index contributed by atoms with van der Waals surface area (Å²) in [6.45, 7) is 1.19. The minimum Gasteiger partial charge on any atom is -0.352 e. The Morgan fingerprint density at radius 1 is 1.31 bits per heavy atom. The van der Waals surface area contributed by atoms with E-state index >= 15 is 0 Å². The van der Waals surface area contributed by atoms with Crippen molar-refractivity contribution in [2.24, 2.45) is 12.5 Å². The van der Waals surface area contributed by atoms with Gasteiger partial charge in [-0.25, -0.2) is 0 Å². The Hall–Kier alpha value is -3.16. The third-order valence-corrected chi connectivity index (χ3v) is 5.95. The van der Waals surface area contributed by atoms with E-state index < -0.39 is 5.41 Å². The van der Waals surface area contributed by atoms with E-state index in [9.17, 15) is 14.4 Å². The van der Waals surface area contributed by atoms with Crippen LogP contribution in [0.15, 0.2) is 42.7 Å². The molecule has 0 aliphatic carbocycles. The van der Waals surface area contributed by atoms with Gasteiger partial charge in [0.05, 0.1) is 17.2 Å². The van der Waals surface area contributed by atoms with E-state index in [1.54, 1.807) is 29.0 Å². The lowest BCUT2D eigenvalue weighted by atomic mass is 9.69. The van der Waals surface area contributed by atoms with E-state index in [0.717, 1.165) is 5.56 Å². The van der Waals surface area contributed by atoms with Crippen molar-refractivity contribution in [2.45, 2.75) is 31.8 Å². The Morgan fingerprint density at radius 2 is 2.10 bits per heavy atom. The predicted molar refractivity (Wildman–Crippen MR) is 106 cm³/mol. The smallest absolute Gasteiger partial charge is 0.257 e. The van der Waals surface area contributed by atoms with Crippen LogP contribution in [0.4, 0.5) is 0 Å². The molecular weight excluding hydrogens is 370 g/mol. The molecule has 8 nitrogen and oxygen atoms in total. The van der Waals surface area contributed by atoms with Crippen LogP contribution >= 0.6 is 0 Å². The number of piperidine rings is 2. The van der Waals surface area contributed by atoms with Gasteiger partial charge in [0.2, 0.25) is 11.8 Å². The zero-order chi connectivity index (χ0) is 20.4. The van der Waals surface area contributed by atoms with Crippen LogP contribution in [0.5, 0.6) is 0 Å². The van der Waals surface area contributed by atoms with Gasteiger partial charge in [-0.15, -0.1) is 0 Å². The second-order valence-corrected chi connectivity index (χ2v) is 7.86. The Morgan fingerprint density at radius 3 is 2.83 bits per heavy atom. The number of rotatable bonds is 4. The molecule has 0 radical (unpaired) electrons. The first-order chi connectivity index (χ1) is 14.0. The number of aromatic nitrogens is 2. The molecule has 8 heteroatoms. The van der Waals surface area contributed by atoms with E-state index in [2.05, 4.69) is 15.7 Å². The maximum Gasteiger partial charge on any atom is 0.257 e. The summed E-state index contributed by atoms with van der Waals surface area (Å²) in [6, 6.07) is 9.43. The highest BCUT2D eigenvalue weighted by Crippen LogP contribution is 2.38. The maximum atomic E-state index is 13.3. The number of amides is 3. The average Bonchev–Trinajstić information content (AvgIpc) is 3.18. The van der Waals surface area contributed by atoms with E-state index in [0.29, 0.717) is 31.5 Å². The monoisotopic (exact) mass is 395 g/mol. The molecule has 0 unspecified atom stereocenters. The summed E-state index contributed by atoms with van der Waals surface area (Å²) in [5.41, 5.74) is 0.692. The molecule has 1 aromatic heterocycles. The molecule has 1 aromatic carbocycles. The van der Waals surface area contributed by atoms with Crippen molar-refractivity contribution in [1.82, 2.24) is 25.3 Å². The van der Waals surface area contributed by atoms with Gasteiger partial charge in [0.15, 0.2) is 0 Å². The number of carbonyl (C=O) groups is 3. The van der Waals surface area contributed by atoms with Crippen molar-refractivity contribution in [1.29, 1.82) is 0 Å². The van der Waals surface area contributed by atoms with Crippen LogP contribution in [0.25, 0.3) is 0 Å². The first-order valence-corrected chi connectivity index (χ1v) is 9.87. The Balaban J connectivity index is 1.54. The van der Waals surface area contributed by atoms with Gasteiger partial charge >= 0.3 is 0 Å². The first-order valence-electron chi connectivity index (χ1n) is 9.87. The minimum absolute atomic E-state index is 0.0338. The Bertz CT molecular complexity index is 925. The number of likely N-dealkylation sites (tertiary alicyclic amines) is 1. The van der Waals surface area contributed by atoms with E-state index in [4.69, 9.17) is 0 Å². The summed E-state index contributed by atoms with van der Waals surface area (Å²) >= 11 is 0. The second kappa shape index (κ2) is 7.69. The van der Waals surface area contributed by atoms with Crippen LogP contribution in [0.2, 0.25) is 0 Å². The van der Waals surface area contributed by atoms with Gasteiger partial charge < -0.3 is 15.5 Å². The van der Waals surface area contributed by atoms with Crippen LogP contribution in [0.1, 0.15) is 35.2 Å². The molecular formula is C21H25N5O3. The molecule has 0 spiro atoms. The molecule has 0 bridgehead atoms. The third kappa shape index (κ3) is 3.74. The summed E-state index contributed by atoms with van der Waals surface area (Å²) in [6.07, 6.45) is 4.49. The Labute approximate surface area is 169 Å². The van der Waals surface area contributed by atoms with E-state index in [1.165, 1.54) is 0 Å². The molecule has 2 fully saturated rings. The zero-order valence-electron chi connectivity index (χ0n) is 16.4. The van der Waals surface area contributed by atoms with Crippen molar-refractivity contribution in [3.8, 4) is 0 Å². The number of nitrogens with zero attached hydrogens (tertiary/aromatic N) is 3. The number of carbonyl (C=O) groups excluding carboxylic acids is 3. The van der Waals surface area contributed by atoms with Gasteiger partial charge in [-0.1, -0.05) is 30.3 Å². The molecule has 3 heterocycles. The lowest BCUT2D eigenvalue weighted by Gasteiger charge is -2.49. The highest BCUT2D eigenvalue weighted by molar-refractivity contribution is 5.95. The molecule has 0 saturated carbocycles. The fraction of sp³-hybridized carbons (Fsp3) is 0.429. The molecule has 2 atom stereocenters. The normalized spacial score (nSPS) is 23.8. The molecule has 2 aromatic rings. The van der Waals surface area contributed by atoms with Crippen LogP contribution in [-0.2, 0) is 23.2 Å². The van der Waals surface area contributed by atoms with Gasteiger partial charge in [0, 0.05) is 45.3 Å². The van der Waals surface area contributed by atoms with Crippen molar-refractivity contribution in [2.75, 3.05) is 13.1 Å². The SMILES string of the molecule is Cn1cc(C(=O)N2CC[C@H]3NC(=O)CC[C@]3(C(=O)NCc3ccccc3)C2)cn1. The maximum absolute atomic E-state index is 13.3. The predicted octanol–water partition coefficient (Wildman–Crippen LogP) is 0.847. The molecule has 3 amide bonds. The molecule has 29 heavy (non-hydrogen) atoms. The number of fused-ring (bicyclic) bond motifs is 1. The zero-order valence-corrected chi connectivity index (χ0v) is 16.4. The number of nitrogens with one attached hydrogen (secondary N) is 2. The molecule has 2 aliphatic rings. The summed E-state index contributed by atoms with van der Waals surface area (Å²) in [5.74, 6) is -0.285. The van der Waals surface area contributed by atoms with Gasteiger partial charge in [0.1, 0.15) is 0 Å². The third-order valence-electron chi connectivity index (χ3n) is 5.95. The lowest BCUT2D eigenvalue weighted by molar-refractivity contribution is -0.142. The van der Waals surface area contributed by atoms with Crippen molar-refractivity contribution < 1.29 is 14.4 Å². The average molecular weight is 395 g/mol. The topological polar surface area (TPSA) is 96.3 Å². The minimum atomic E-state index is -0.821. The summed E-state index contributed by atoms with van der Waals surface area (Å²) in [5, 5.41) is 10.1. The van der Waals surface area contributed by atoms with E-state index in [1.807, 2.05) is 30.3 Å². The van der Waals surface area contributed by atoms with Gasteiger partial charge in [-0.05, 0) is 18.4 Å². The first kappa shape index (κ1) is 19.2. The molecule has 2 N–H and O–H groups in total. The van der Waals surface area contributed by atoms with Crippen molar-refractivity contribution in [3.05, 3.63) is 53.9 Å². The molecule has 2 saturated heterocycles. The van der Waals surface area contributed by atoms with Crippen LogP contribution in [0.3, 0.4) is 0 Å². The largest absolute Gasteiger partial charge is 0.352 e. The summed E-state index contributed by atoms with van der Waals surface area (Å²) < 4.78 is 1.59. The van der Waals surface area contributed by atoms with Gasteiger partial charge in [-0.2, -0.15) is 5.10 Å². The summed E-state index contributed by atoms with van der Waals surface area (Å²) in [4.78, 5) is 40.0.